The predicted molar refractivity (Wildman–Crippen MR) is 408 cm³/mol. The number of benzene rings is 6. The van der Waals surface area contributed by atoms with Crippen LogP contribution < -0.4 is 5.14 Å². The number of allylic oxidation sites excluding steroid dienone is 1. The van der Waals surface area contributed by atoms with E-state index < -0.39 is 59.2 Å². The average Bonchev–Trinajstić information content (AvgIpc) is 0.856. The summed E-state index contributed by atoms with van der Waals surface area (Å²) in [6.07, 6.45) is 41.5. The number of rotatable bonds is 21. The zero-order valence-corrected chi connectivity index (χ0v) is 64.4. The van der Waals surface area contributed by atoms with Gasteiger partial charge in [0.2, 0.25) is 10.0 Å². The minimum absolute atomic E-state index is 0.0439. The molecule has 0 spiro atoms. The fourth-order valence-corrected chi connectivity index (χ4v) is 20.6. The number of sulfonamides is 1. The molecule has 0 radical (unpaired) electrons. The van der Waals surface area contributed by atoms with Crippen LogP contribution in [0.5, 0.6) is 0 Å². The maximum Gasteiger partial charge on any atom is 0.238 e. The van der Waals surface area contributed by atoms with Gasteiger partial charge in [0.05, 0.1) is 58.1 Å². The first-order valence-corrected chi connectivity index (χ1v) is 46.5. The Hall–Kier alpha value is -5.72. The Balaban J connectivity index is 0.000000169. The highest BCUT2D eigenvalue weighted by atomic mass is 32.2. The number of hydrogen-bond donors (Lipinski definition) is 1. The molecule has 12 rings (SSSR count). The Morgan fingerprint density at radius 1 is 0.330 bits per heavy atom. The van der Waals surface area contributed by atoms with Crippen molar-refractivity contribution in [3.05, 3.63) is 189 Å². The van der Waals surface area contributed by atoms with Crippen molar-refractivity contribution in [1.29, 1.82) is 0 Å². The van der Waals surface area contributed by atoms with Crippen LogP contribution in [0.25, 0.3) is 0 Å². The van der Waals surface area contributed by atoms with Crippen molar-refractivity contribution < 1.29 is 50.5 Å². The lowest BCUT2D eigenvalue weighted by atomic mass is 9.92. The van der Waals surface area contributed by atoms with Crippen LogP contribution in [0.2, 0.25) is 0 Å². The summed E-state index contributed by atoms with van der Waals surface area (Å²) in [5.74, 6) is 3.35. The molecule has 0 unspecified atom stereocenters. The SMILES string of the molecule is C#CCCS(=O)(=O)c1ccc2c(c1)CCCC2.C=CCCS(=O)(=O)c1ccc2c(c1)CCCC2.CCCCCCCS(=O)(=O)c1ccc2c(c1)CCCC2.CCCCS(=O)(=O)c1ccc2c(c1)CCCC2.CCS(=O)(=O)c1ccc2c(c1)CCCC2.NS(=O)(=O)c1ccc2c(c1)CCCC2. The molecule has 6 aromatic rings. The first kappa shape index (κ1) is 81.6. The van der Waals surface area contributed by atoms with Gasteiger partial charge in [-0.1, -0.05) is 95.3 Å². The van der Waals surface area contributed by atoms with Gasteiger partial charge in [-0.05, 0) is 313 Å². The van der Waals surface area contributed by atoms with Gasteiger partial charge in [0.25, 0.3) is 0 Å². The van der Waals surface area contributed by atoms with Crippen LogP contribution in [0.15, 0.2) is 151 Å². The van der Waals surface area contributed by atoms with Gasteiger partial charge in [-0.15, -0.1) is 18.9 Å². The molecule has 13 nitrogen and oxygen atoms in total. The number of aryl methyl sites for hydroxylation is 12. The molecule has 0 fully saturated rings. The van der Waals surface area contributed by atoms with E-state index in [1.807, 2.05) is 79.7 Å². The average molecular weight is 1480 g/mol. The maximum atomic E-state index is 12.4. The lowest BCUT2D eigenvalue weighted by molar-refractivity contribution is 0.585. The van der Waals surface area contributed by atoms with Gasteiger partial charge in [-0.25, -0.2) is 55.6 Å². The number of primary sulfonamides is 1. The van der Waals surface area contributed by atoms with Crippen LogP contribution in [0.1, 0.15) is 222 Å². The molecule has 19 heteroatoms. The third-order valence-corrected chi connectivity index (χ3v) is 29.5. The summed E-state index contributed by atoms with van der Waals surface area (Å²) >= 11 is 0. The maximum absolute atomic E-state index is 12.4. The second-order valence-corrected chi connectivity index (χ2v) is 39.6. The molecule has 6 aliphatic rings. The molecule has 0 bridgehead atoms. The van der Waals surface area contributed by atoms with E-state index >= 15 is 0 Å². The topological polar surface area (TPSA) is 231 Å². The number of unbranched alkanes of at least 4 members (excludes halogenated alkanes) is 5. The zero-order chi connectivity index (χ0) is 72.4. The largest absolute Gasteiger partial charge is 0.238 e. The Morgan fingerprint density at radius 2 is 0.580 bits per heavy atom. The number of hydrogen-bond acceptors (Lipinski definition) is 12. The summed E-state index contributed by atoms with van der Waals surface area (Å²) in [6, 6.07) is 33.4. The molecule has 0 aromatic heterocycles. The van der Waals surface area contributed by atoms with E-state index in [1.165, 1.54) is 138 Å². The molecular formula is C81H109NO12S6. The monoisotopic (exact) mass is 1480 g/mol. The molecular weight excluding hydrogens is 1370 g/mol. The van der Waals surface area contributed by atoms with E-state index in [4.69, 9.17) is 11.6 Å². The fraction of sp³-hybridized carbons (Fsp3) is 0.506. The van der Waals surface area contributed by atoms with Crippen LogP contribution in [0.4, 0.5) is 0 Å². The van der Waals surface area contributed by atoms with Crippen LogP contribution in [0, 0.1) is 12.3 Å². The van der Waals surface area contributed by atoms with E-state index in [0.29, 0.717) is 36.7 Å². The standard InChI is InChI=1S/C17H26O2S.C14H20O2S.C14H18O2S.C14H16O2S.C12H16O2S.C10H13NO2S/c1-2-3-4-5-8-13-20(18,19)17-12-11-15-9-6-7-10-16(15)14-17;3*1-2-3-10-17(15,16)14-9-8-12-6-4-5-7-13(12)11-14;1-2-15(13,14)12-8-7-10-5-3-4-6-11(10)9-12;11-14(12,13)10-6-5-8-3-1-2-4-9(8)7-10/h11-12,14H,2-10,13H2,1H3;8-9,11H,2-7,10H2,1H3;2,8-9,11H,1,3-7,10H2;1,8-9,11H,3-7,10H2;7-9H,2-6H2,1H3;5-7H,1-4H2,(H2,11,12,13). The third kappa shape index (κ3) is 24.7. The molecule has 6 aromatic carbocycles. The lowest BCUT2D eigenvalue weighted by Crippen LogP contribution is -2.13. The summed E-state index contributed by atoms with van der Waals surface area (Å²) in [4.78, 5) is 2.68. The Labute approximate surface area is 602 Å². The predicted octanol–water partition coefficient (Wildman–Crippen LogP) is 16.3. The van der Waals surface area contributed by atoms with Crippen molar-refractivity contribution in [2.45, 2.75) is 262 Å². The summed E-state index contributed by atoms with van der Waals surface area (Å²) in [5, 5.41) is 5.06. The molecule has 0 heterocycles. The lowest BCUT2D eigenvalue weighted by Gasteiger charge is -2.16. The Morgan fingerprint density at radius 3 is 0.860 bits per heavy atom. The van der Waals surface area contributed by atoms with E-state index in [0.717, 1.165) is 128 Å². The molecule has 0 saturated carbocycles. The first-order valence-electron chi connectivity index (χ1n) is 36.7. The molecule has 0 atom stereocenters. The summed E-state index contributed by atoms with van der Waals surface area (Å²) < 4.78 is 142. The van der Waals surface area contributed by atoms with Crippen molar-refractivity contribution in [2.24, 2.45) is 5.14 Å². The van der Waals surface area contributed by atoms with Crippen LogP contribution >= 0.6 is 0 Å². The summed E-state index contributed by atoms with van der Waals surface area (Å²) in [6.45, 7) is 9.44. The van der Waals surface area contributed by atoms with Crippen LogP contribution in [-0.4, -0.2) is 79.3 Å². The van der Waals surface area contributed by atoms with Gasteiger partial charge in [0, 0.05) is 6.42 Å². The molecule has 2 N–H and O–H groups in total. The zero-order valence-electron chi connectivity index (χ0n) is 59.5. The second-order valence-electron chi connectivity index (χ2n) is 27.3. The quantitative estimate of drug-likeness (QED) is 0.0403. The van der Waals surface area contributed by atoms with Gasteiger partial charge in [-0.2, -0.15) is 0 Å². The minimum Gasteiger partial charge on any atom is -0.225 e. The highest BCUT2D eigenvalue weighted by Crippen LogP contribution is 2.31. The highest BCUT2D eigenvalue weighted by molar-refractivity contribution is 7.92. The molecule has 100 heavy (non-hydrogen) atoms. The Kier molecular flexibility index (Phi) is 32.0. The van der Waals surface area contributed by atoms with Crippen molar-refractivity contribution in [1.82, 2.24) is 0 Å². The number of terminal acetylenes is 1. The second kappa shape index (κ2) is 39.2. The summed E-state index contributed by atoms with van der Waals surface area (Å²) in [7, 11) is -19.0. The number of nitrogens with two attached hydrogens (primary N) is 1. The van der Waals surface area contributed by atoms with E-state index in [-0.39, 0.29) is 34.3 Å². The van der Waals surface area contributed by atoms with Gasteiger partial charge in [-0.3, -0.25) is 0 Å². The Bertz CT molecular complexity index is 4480. The van der Waals surface area contributed by atoms with Gasteiger partial charge in [0.1, 0.15) is 0 Å². The third-order valence-electron chi connectivity index (χ3n) is 19.8. The van der Waals surface area contributed by atoms with Crippen molar-refractivity contribution >= 4 is 59.2 Å². The molecule has 6 aliphatic carbocycles. The summed E-state index contributed by atoms with van der Waals surface area (Å²) in [5.41, 5.74) is 15.2. The van der Waals surface area contributed by atoms with E-state index in [9.17, 15) is 50.5 Å². The van der Waals surface area contributed by atoms with E-state index in [2.05, 4.69) is 19.4 Å². The molecule has 0 aliphatic heterocycles. The van der Waals surface area contributed by atoms with Gasteiger partial charge < -0.3 is 0 Å². The van der Waals surface area contributed by atoms with E-state index in [1.54, 1.807) is 49.4 Å². The number of fused-ring (bicyclic) bond motifs is 6. The van der Waals surface area contributed by atoms with Crippen molar-refractivity contribution in [3.63, 3.8) is 0 Å². The van der Waals surface area contributed by atoms with Crippen LogP contribution in [0.3, 0.4) is 0 Å². The molecule has 0 saturated heterocycles. The van der Waals surface area contributed by atoms with Crippen LogP contribution in [-0.2, 0) is 136 Å². The van der Waals surface area contributed by atoms with Crippen molar-refractivity contribution in [3.8, 4) is 12.3 Å². The smallest absolute Gasteiger partial charge is 0.225 e. The molecule has 546 valence electrons. The van der Waals surface area contributed by atoms with Crippen molar-refractivity contribution in [2.75, 3.05) is 28.8 Å². The van der Waals surface area contributed by atoms with Gasteiger partial charge in [0.15, 0.2) is 49.2 Å². The highest BCUT2D eigenvalue weighted by Gasteiger charge is 2.23. The first-order chi connectivity index (χ1) is 47.7. The fourth-order valence-electron chi connectivity index (χ4n) is 13.7. The minimum atomic E-state index is -3.54. The normalized spacial score (nSPS) is 15.5. The van der Waals surface area contributed by atoms with Gasteiger partial charge >= 0.3 is 0 Å². The number of sulfone groups is 5. The molecule has 0 amide bonds.